The number of benzene rings is 2. The predicted molar refractivity (Wildman–Crippen MR) is 107 cm³/mol. The fourth-order valence-corrected chi connectivity index (χ4v) is 2.77. The molecule has 1 amide bonds. The Morgan fingerprint density at radius 3 is 2.62 bits per heavy atom. The van der Waals surface area contributed by atoms with E-state index in [1.807, 2.05) is 6.07 Å². The Labute approximate surface area is 170 Å². The van der Waals surface area contributed by atoms with Gasteiger partial charge in [-0.15, -0.1) is 0 Å². The minimum atomic E-state index is -1.14. The first kappa shape index (κ1) is 19.9. The van der Waals surface area contributed by atoms with Crippen molar-refractivity contribution in [3.05, 3.63) is 82.6 Å². The number of nitriles is 1. The highest BCUT2D eigenvalue weighted by Gasteiger charge is 2.19. The van der Waals surface area contributed by atoms with Crippen LogP contribution in [-0.4, -0.2) is 23.2 Å². The van der Waals surface area contributed by atoms with Crippen LogP contribution in [0.2, 0.25) is 5.02 Å². The summed E-state index contributed by atoms with van der Waals surface area (Å²) in [5, 5.41) is 22.3. The second kappa shape index (κ2) is 8.87. The minimum absolute atomic E-state index is 0.0356. The van der Waals surface area contributed by atoms with Gasteiger partial charge in [-0.05, 0) is 35.9 Å². The maximum absolute atomic E-state index is 12.2. The number of hydrogen-bond donors (Lipinski definition) is 2. The lowest BCUT2D eigenvalue weighted by molar-refractivity contribution is -0.121. The third kappa shape index (κ3) is 4.69. The number of amides is 1. The summed E-state index contributed by atoms with van der Waals surface area (Å²) in [4.78, 5) is 23.4. The highest BCUT2D eigenvalue weighted by molar-refractivity contribution is 6.33. The Bertz CT molecular complexity index is 1120. The predicted octanol–water partition coefficient (Wildman–Crippen LogP) is 4.06. The molecule has 0 aliphatic rings. The number of aromatic carboxylic acids is 1. The highest BCUT2D eigenvalue weighted by atomic mass is 35.5. The maximum atomic E-state index is 12.2. The summed E-state index contributed by atoms with van der Waals surface area (Å²) < 4.78 is 5.60. The van der Waals surface area contributed by atoms with Crippen molar-refractivity contribution >= 4 is 29.7 Å². The number of carbonyl (C=O) groups is 2. The largest absolute Gasteiger partial charge is 0.478 e. The molecule has 0 saturated heterocycles. The average Bonchev–Trinajstić information content (AvgIpc) is 3.18. The van der Waals surface area contributed by atoms with Crippen LogP contribution in [0.5, 0.6) is 0 Å². The lowest BCUT2D eigenvalue weighted by Gasteiger charge is -2.06. The van der Waals surface area contributed by atoms with Gasteiger partial charge in [0.2, 0.25) is 0 Å². The molecule has 0 saturated carbocycles. The fourth-order valence-electron chi connectivity index (χ4n) is 2.57. The van der Waals surface area contributed by atoms with Gasteiger partial charge in [0.15, 0.2) is 5.92 Å². The van der Waals surface area contributed by atoms with Gasteiger partial charge < -0.3 is 9.52 Å². The molecule has 0 fully saturated rings. The number of nitrogens with one attached hydrogen (secondary N) is 1. The second-order valence-electron chi connectivity index (χ2n) is 5.91. The van der Waals surface area contributed by atoms with Crippen LogP contribution in [0.15, 0.2) is 70.2 Å². The normalized spacial score (nSPS) is 11.7. The van der Waals surface area contributed by atoms with E-state index in [9.17, 15) is 14.9 Å². The van der Waals surface area contributed by atoms with Crippen LogP contribution in [0, 0.1) is 11.3 Å². The average molecular weight is 408 g/mol. The van der Waals surface area contributed by atoms with E-state index in [2.05, 4.69) is 10.5 Å². The Kier molecular flexibility index (Phi) is 6.07. The molecular weight excluding hydrogens is 394 g/mol. The Morgan fingerprint density at radius 2 is 1.93 bits per heavy atom. The zero-order valence-electron chi connectivity index (χ0n) is 14.9. The van der Waals surface area contributed by atoms with Gasteiger partial charge in [-0.2, -0.15) is 10.4 Å². The number of furan rings is 1. The molecule has 0 spiro atoms. The Hall–Kier alpha value is -3.89. The molecule has 7 nitrogen and oxygen atoms in total. The van der Waals surface area contributed by atoms with Crippen molar-refractivity contribution in [2.75, 3.05) is 0 Å². The number of hydrogen-bond acceptors (Lipinski definition) is 5. The molecule has 3 aromatic rings. The van der Waals surface area contributed by atoms with Crippen LogP contribution in [0.1, 0.15) is 27.6 Å². The Morgan fingerprint density at radius 1 is 1.17 bits per heavy atom. The van der Waals surface area contributed by atoms with Crippen LogP contribution >= 0.6 is 11.6 Å². The monoisotopic (exact) mass is 407 g/mol. The lowest BCUT2D eigenvalue weighted by Crippen LogP contribution is -2.24. The fraction of sp³-hybridized carbons (Fsp3) is 0.0476. The van der Waals surface area contributed by atoms with Crippen molar-refractivity contribution in [2.45, 2.75) is 5.92 Å². The van der Waals surface area contributed by atoms with Crippen LogP contribution < -0.4 is 5.43 Å². The molecule has 0 unspecified atom stereocenters. The lowest BCUT2D eigenvalue weighted by atomic mass is 10.0. The van der Waals surface area contributed by atoms with Gasteiger partial charge in [0.1, 0.15) is 11.5 Å². The Balaban J connectivity index is 1.70. The van der Waals surface area contributed by atoms with Gasteiger partial charge in [-0.1, -0.05) is 41.9 Å². The van der Waals surface area contributed by atoms with E-state index in [4.69, 9.17) is 21.1 Å². The smallest absolute Gasteiger partial charge is 0.337 e. The van der Waals surface area contributed by atoms with Crippen LogP contribution in [0.25, 0.3) is 11.3 Å². The van der Waals surface area contributed by atoms with Gasteiger partial charge in [0.05, 0.1) is 22.9 Å². The third-order valence-corrected chi connectivity index (χ3v) is 4.33. The number of carboxylic acid groups (broad SMARTS) is 1. The summed E-state index contributed by atoms with van der Waals surface area (Å²) in [6.45, 7) is 0. The van der Waals surface area contributed by atoms with E-state index < -0.39 is 17.8 Å². The van der Waals surface area contributed by atoms with Crippen molar-refractivity contribution < 1.29 is 19.1 Å². The molecule has 2 N–H and O–H groups in total. The van der Waals surface area contributed by atoms with Gasteiger partial charge in [0.25, 0.3) is 5.91 Å². The zero-order valence-corrected chi connectivity index (χ0v) is 15.6. The van der Waals surface area contributed by atoms with E-state index in [-0.39, 0.29) is 10.6 Å². The molecule has 1 aromatic heterocycles. The van der Waals surface area contributed by atoms with Crippen molar-refractivity contribution in [1.82, 2.24) is 5.43 Å². The summed E-state index contributed by atoms with van der Waals surface area (Å²) in [5.74, 6) is -1.94. The first-order valence-electron chi connectivity index (χ1n) is 8.40. The quantitative estimate of drug-likeness (QED) is 0.472. The summed E-state index contributed by atoms with van der Waals surface area (Å²) >= 11 is 5.87. The van der Waals surface area contributed by atoms with Crippen molar-refractivity contribution in [3.8, 4) is 17.4 Å². The molecule has 2 aromatic carbocycles. The van der Waals surface area contributed by atoms with E-state index in [1.165, 1.54) is 18.3 Å². The minimum Gasteiger partial charge on any atom is -0.478 e. The molecule has 0 aliphatic heterocycles. The number of halogens is 1. The molecule has 1 heterocycles. The summed E-state index contributed by atoms with van der Waals surface area (Å²) in [6, 6.07) is 18.4. The first-order valence-corrected chi connectivity index (χ1v) is 8.78. The van der Waals surface area contributed by atoms with Crippen LogP contribution in [-0.2, 0) is 4.79 Å². The molecule has 0 bridgehead atoms. The number of rotatable bonds is 6. The van der Waals surface area contributed by atoms with Gasteiger partial charge >= 0.3 is 5.97 Å². The summed E-state index contributed by atoms with van der Waals surface area (Å²) in [6.07, 6.45) is 1.29. The number of nitrogens with zero attached hydrogens (tertiary/aromatic N) is 2. The third-order valence-electron chi connectivity index (χ3n) is 4.00. The van der Waals surface area contributed by atoms with Gasteiger partial charge in [-0.3, -0.25) is 4.79 Å². The summed E-state index contributed by atoms with van der Waals surface area (Å²) in [5.41, 5.74) is 3.38. The molecule has 0 radical (unpaired) electrons. The van der Waals surface area contributed by atoms with Crippen LogP contribution in [0.3, 0.4) is 0 Å². The summed E-state index contributed by atoms with van der Waals surface area (Å²) in [7, 11) is 0. The topological polar surface area (TPSA) is 116 Å². The van der Waals surface area contributed by atoms with E-state index >= 15 is 0 Å². The van der Waals surface area contributed by atoms with Gasteiger partial charge in [-0.25, -0.2) is 10.2 Å². The van der Waals surface area contributed by atoms with Crippen molar-refractivity contribution in [3.63, 3.8) is 0 Å². The van der Waals surface area contributed by atoms with E-state index in [0.717, 1.165) is 0 Å². The molecule has 0 aliphatic carbocycles. The number of carbonyl (C=O) groups excluding carboxylic acids is 1. The highest BCUT2D eigenvalue weighted by Crippen LogP contribution is 2.26. The van der Waals surface area contributed by atoms with Gasteiger partial charge in [0, 0.05) is 5.56 Å². The SMILES string of the molecule is N#C[C@H](C(=O)N/N=C\c1ccc(-c2ccc(Cl)c(C(=O)O)c2)o1)c1ccccc1. The van der Waals surface area contributed by atoms with Crippen LogP contribution in [0.4, 0.5) is 0 Å². The molecular formula is C21H14ClN3O4. The van der Waals surface area contributed by atoms with E-state index in [1.54, 1.807) is 48.5 Å². The standard InChI is InChI=1S/C21H14ClN3O4/c22-18-8-6-14(10-16(18)21(27)28)19-9-7-15(29-19)12-24-25-20(26)17(11-23)13-4-2-1-3-5-13/h1-10,12,17H,(H,25,26)(H,27,28)/b24-12-/t17-/m0/s1. The molecule has 8 heteroatoms. The number of carboxylic acids is 1. The molecule has 1 atom stereocenters. The first-order chi connectivity index (χ1) is 14.0. The zero-order chi connectivity index (χ0) is 20.8. The second-order valence-corrected chi connectivity index (χ2v) is 6.32. The molecule has 3 rings (SSSR count). The van der Waals surface area contributed by atoms with E-state index in [0.29, 0.717) is 22.6 Å². The molecule has 29 heavy (non-hydrogen) atoms. The number of hydrazone groups is 1. The van der Waals surface area contributed by atoms with Crippen molar-refractivity contribution in [1.29, 1.82) is 5.26 Å². The molecule has 144 valence electrons. The van der Waals surface area contributed by atoms with Crippen molar-refractivity contribution in [2.24, 2.45) is 5.10 Å². The maximum Gasteiger partial charge on any atom is 0.337 e.